The van der Waals surface area contributed by atoms with Crippen LogP contribution in [0.2, 0.25) is 0 Å². The molecule has 1 aliphatic heterocycles. The van der Waals surface area contributed by atoms with E-state index in [1.165, 1.54) is 0 Å². The molecule has 4 amide bonds. The van der Waals surface area contributed by atoms with Crippen molar-refractivity contribution in [1.82, 2.24) is 4.90 Å². The molecule has 2 atom stereocenters. The molecule has 166 valence electrons. The highest BCUT2D eigenvalue weighted by Gasteiger charge is 2.48. The molecule has 1 heterocycles. The minimum absolute atomic E-state index is 0.264. The maximum Gasteiger partial charge on any atom is 0.257 e. The van der Waals surface area contributed by atoms with Crippen molar-refractivity contribution in [3.8, 4) is 5.75 Å². The monoisotopic (exact) mass is 435 g/mol. The number of amides is 4. The van der Waals surface area contributed by atoms with E-state index in [0.29, 0.717) is 30.0 Å². The number of methoxy groups -OCH3 is 1. The lowest BCUT2D eigenvalue weighted by Crippen LogP contribution is -2.38. The van der Waals surface area contributed by atoms with Crippen LogP contribution in [0.5, 0.6) is 5.75 Å². The van der Waals surface area contributed by atoms with Crippen molar-refractivity contribution in [3.63, 3.8) is 0 Å². The summed E-state index contributed by atoms with van der Waals surface area (Å²) in [6, 6.07) is 13.5. The molecule has 8 nitrogen and oxygen atoms in total. The predicted molar refractivity (Wildman–Crippen MR) is 118 cm³/mol. The molecule has 1 saturated carbocycles. The molecule has 2 aliphatic rings. The number of rotatable bonds is 6. The molecule has 2 aromatic carbocycles. The zero-order chi connectivity index (χ0) is 22.7. The maximum atomic E-state index is 12.8. The predicted octanol–water partition coefficient (Wildman–Crippen LogP) is 3.06. The number of carbonyl (C=O) groups excluding carboxylic acids is 4. The Kier molecular flexibility index (Phi) is 6.20. The molecule has 0 bridgehead atoms. The molecule has 2 N–H and O–H groups in total. The van der Waals surface area contributed by atoms with E-state index < -0.39 is 11.8 Å². The maximum absolute atomic E-state index is 12.8. The second-order valence-electron chi connectivity index (χ2n) is 8.04. The van der Waals surface area contributed by atoms with Gasteiger partial charge < -0.3 is 15.4 Å². The Morgan fingerprint density at radius 1 is 0.938 bits per heavy atom. The number of hydrogen-bond donors (Lipinski definition) is 2. The first-order chi connectivity index (χ1) is 15.5. The second-order valence-corrected chi connectivity index (χ2v) is 8.04. The summed E-state index contributed by atoms with van der Waals surface area (Å²) in [4.78, 5) is 51.7. The minimum Gasteiger partial charge on any atom is -0.497 e. The van der Waals surface area contributed by atoms with Crippen LogP contribution in [0.15, 0.2) is 48.5 Å². The van der Waals surface area contributed by atoms with Crippen molar-refractivity contribution in [3.05, 3.63) is 54.1 Å². The van der Waals surface area contributed by atoms with E-state index in [1.807, 2.05) is 0 Å². The first-order valence-corrected chi connectivity index (χ1v) is 10.7. The van der Waals surface area contributed by atoms with Gasteiger partial charge in [0.1, 0.15) is 12.3 Å². The van der Waals surface area contributed by atoms with E-state index in [-0.39, 0.29) is 35.8 Å². The zero-order valence-electron chi connectivity index (χ0n) is 17.8. The van der Waals surface area contributed by atoms with Crippen LogP contribution in [-0.2, 0) is 14.4 Å². The summed E-state index contributed by atoms with van der Waals surface area (Å²) in [5.74, 6) is -1.37. The van der Waals surface area contributed by atoms with Gasteiger partial charge in [0.25, 0.3) is 5.91 Å². The summed E-state index contributed by atoms with van der Waals surface area (Å²) < 4.78 is 5.11. The van der Waals surface area contributed by atoms with Crippen molar-refractivity contribution >= 4 is 35.0 Å². The van der Waals surface area contributed by atoms with Crippen LogP contribution in [0, 0.1) is 11.8 Å². The van der Waals surface area contributed by atoms with Crippen LogP contribution >= 0.6 is 0 Å². The van der Waals surface area contributed by atoms with Gasteiger partial charge in [-0.1, -0.05) is 25.0 Å². The Balaban J connectivity index is 1.43. The van der Waals surface area contributed by atoms with E-state index in [2.05, 4.69) is 10.6 Å². The molecule has 1 aliphatic carbocycles. The third-order valence-corrected chi connectivity index (χ3v) is 6.03. The molecule has 4 rings (SSSR count). The topological polar surface area (TPSA) is 105 Å². The quantitative estimate of drug-likeness (QED) is 0.679. The number of para-hydroxylation sites is 1. The van der Waals surface area contributed by atoms with Crippen LogP contribution in [0.25, 0.3) is 0 Å². The summed E-state index contributed by atoms with van der Waals surface area (Å²) in [6.45, 7) is -0.348. The minimum atomic E-state index is -0.518. The molecule has 1 saturated heterocycles. The number of hydrogen-bond acceptors (Lipinski definition) is 5. The van der Waals surface area contributed by atoms with E-state index in [9.17, 15) is 19.2 Å². The average molecular weight is 435 g/mol. The second kappa shape index (κ2) is 9.21. The lowest BCUT2D eigenvalue weighted by Gasteiger charge is -2.19. The van der Waals surface area contributed by atoms with Crippen molar-refractivity contribution in [2.75, 3.05) is 24.3 Å². The molecule has 8 heteroatoms. The number of imide groups is 1. The van der Waals surface area contributed by atoms with Gasteiger partial charge in [-0.2, -0.15) is 0 Å². The van der Waals surface area contributed by atoms with Gasteiger partial charge in [-0.25, -0.2) is 0 Å². The number of fused-ring (bicyclic) bond motifs is 1. The summed E-state index contributed by atoms with van der Waals surface area (Å²) >= 11 is 0. The van der Waals surface area contributed by atoms with Gasteiger partial charge in [-0.05, 0) is 49.2 Å². The number of nitrogens with zero attached hydrogens (tertiary/aromatic N) is 1. The van der Waals surface area contributed by atoms with Gasteiger partial charge in [0.15, 0.2) is 0 Å². The average Bonchev–Trinajstić information content (AvgIpc) is 3.05. The number of nitrogens with one attached hydrogen (secondary N) is 2. The van der Waals surface area contributed by atoms with Gasteiger partial charge in [0.2, 0.25) is 17.7 Å². The third-order valence-electron chi connectivity index (χ3n) is 6.03. The fourth-order valence-electron chi connectivity index (χ4n) is 4.38. The Bertz CT molecular complexity index is 1030. The van der Waals surface area contributed by atoms with Crippen molar-refractivity contribution in [2.24, 2.45) is 11.8 Å². The number of benzene rings is 2. The number of anilines is 2. The fourth-order valence-corrected chi connectivity index (χ4v) is 4.38. The summed E-state index contributed by atoms with van der Waals surface area (Å²) in [5, 5.41) is 5.46. The highest BCUT2D eigenvalue weighted by atomic mass is 16.5. The van der Waals surface area contributed by atoms with Gasteiger partial charge in [0, 0.05) is 5.69 Å². The number of ether oxygens (including phenoxy) is 1. The first kappa shape index (κ1) is 21.5. The molecule has 0 radical (unpaired) electrons. The standard InChI is InChI=1S/C24H25N3O5/c1-32-16-12-10-15(11-13-16)25-22(29)19-8-4-5-9-20(19)26-21(28)14-27-23(30)17-6-2-3-7-18(17)24(27)31/h4-5,8-13,17-18H,2-3,6-7,14H2,1H3,(H,25,29)(H,26,28). The van der Waals surface area contributed by atoms with Crippen LogP contribution in [-0.4, -0.2) is 42.2 Å². The smallest absolute Gasteiger partial charge is 0.257 e. The lowest BCUT2D eigenvalue weighted by atomic mass is 9.81. The Labute approximate surface area is 185 Å². The van der Waals surface area contributed by atoms with Crippen molar-refractivity contribution < 1.29 is 23.9 Å². The van der Waals surface area contributed by atoms with Gasteiger partial charge in [0.05, 0.1) is 30.2 Å². The van der Waals surface area contributed by atoms with Gasteiger partial charge in [-0.15, -0.1) is 0 Å². The SMILES string of the molecule is COc1ccc(NC(=O)c2ccccc2NC(=O)CN2C(=O)C3CCCCC3C2=O)cc1. The van der Waals surface area contributed by atoms with Gasteiger partial charge in [-0.3, -0.25) is 24.1 Å². The van der Waals surface area contributed by atoms with Crippen LogP contribution in [0.1, 0.15) is 36.0 Å². The molecule has 2 aromatic rings. The molecular weight excluding hydrogens is 410 g/mol. The van der Waals surface area contributed by atoms with Crippen molar-refractivity contribution in [2.45, 2.75) is 25.7 Å². The van der Waals surface area contributed by atoms with Crippen LogP contribution < -0.4 is 15.4 Å². The Hall–Kier alpha value is -3.68. The number of likely N-dealkylation sites (tertiary alicyclic amines) is 1. The van der Waals surface area contributed by atoms with E-state index in [0.717, 1.165) is 17.7 Å². The molecule has 0 aromatic heterocycles. The highest BCUT2D eigenvalue weighted by molar-refractivity contribution is 6.12. The van der Waals surface area contributed by atoms with E-state index >= 15 is 0 Å². The van der Waals surface area contributed by atoms with E-state index in [1.54, 1.807) is 55.6 Å². The molecule has 0 spiro atoms. The number of carbonyl (C=O) groups is 4. The largest absolute Gasteiger partial charge is 0.497 e. The molecule has 2 fully saturated rings. The summed E-state index contributed by atoms with van der Waals surface area (Å²) in [7, 11) is 1.56. The fraction of sp³-hybridized carbons (Fsp3) is 0.333. The lowest BCUT2D eigenvalue weighted by molar-refractivity contribution is -0.142. The normalized spacial score (nSPS) is 20.0. The van der Waals surface area contributed by atoms with E-state index in [4.69, 9.17) is 4.74 Å². The van der Waals surface area contributed by atoms with Crippen LogP contribution in [0.3, 0.4) is 0 Å². The Morgan fingerprint density at radius 3 is 2.19 bits per heavy atom. The Morgan fingerprint density at radius 2 is 1.56 bits per heavy atom. The first-order valence-electron chi connectivity index (χ1n) is 10.7. The van der Waals surface area contributed by atoms with Crippen LogP contribution in [0.4, 0.5) is 11.4 Å². The molecule has 2 unspecified atom stereocenters. The van der Waals surface area contributed by atoms with Gasteiger partial charge >= 0.3 is 0 Å². The molecule has 32 heavy (non-hydrogen) atoms. The summed E-state index contributed by atoms with van der Waals surface area (Å²) in [5.41, 5.74) is 1.15. The summed E-state index contributed by atoms with van der Waals surface area (Å²) in [6.07, 6.45) is 3.25. The molecular formula is C24H25N3O5. The zero-order valence-corrected chi connectivity index (χ0v) is 17.8. The highest BCUT2D eigenvalue weighted by Crippen LogP contribution is 2.37. The van der Waals surface area contributed by atoms with Crippen molar-refractivity contribution in [1.29, 1.82) is 0 Å². The third kappa shape index (κ3) is 4.34.